The zero-order valence-electron chi connectivity index (χ0n) is 19.7. The average Bonchev–Trinajstić information content (AvgIpc) is 3.36. The molecule has 0 spiro atoms. The molecule has 0 saturated carbocycles. The van der Waals surface area contributed by atoms with Gasteiger partial charge in [-0.15, -0.1) is 0 Å². The molecule has 0 radical (unpaired) electrons. The first-order chi connectivity index (χ1) is 17.5. The van der Waals surface area contributed by atoms with Crippen molar-refractivity contribution in [2.75, 3.05) is 17.7 Å². The van der Waals surface area contributed by atoms with Crippen LogP contribution in [0.5, 0.6) is 11.5 Å². The van der Waals surface area contributed by atoms with Gasteiger partial charge >= 0.3 is 0 Å². The molecule has 8 nitrogen and oxygen atoms in total. The number of carbonyl (C=O) groups is 1. The van der Waals surface area contributed by atoms with Crippen molar-refractivity contribution in [1.82, 2.24) is 14.8 Å². The van der Waals surface area contributed by atoms with Crippen molar-refractivity contribution >= 4 is 17.5 Å². The quantitative estimate of drug-likeness (QED) is 0.386. The number of amides is 1. The number of benzene rings is 3. The summed E-state index contributed by atoms with van der Waals surface area (Å²) in [5.41, 5.74) is 3.11. The van der Waals surface area contributed by atoms with E-state index in [1.807, 2.05) is 19.1 Å². The van der Waals surface area contributed by atoms with E-state index >= 15 is 0 Å². The lowest BCUT2D eigenvalue weighted by Crippen LogP contribution is -2.31. The van der Waals surface area contributed by atoms with E-state index in [9.17, 15) is 9.18 Å². The van der Waals surface area contributed by atoms with Crippen molar-refractivity contribution in [3.63, 3.8) is 0 Å². The van der Waals surface area contributed by atoms with E-state index in [0.717, 1.165) is 5.56 Å². The lowest BCUT2D eigenvalue weighted by molar-refractivity contribution is -0.113. The zero-order valence-corrected chi connectivity index (χ0v) is 19.7. The number of nitrogens with one attached hydrogen (secondary N) is 2. The van der Waals surface area contributed by atoms with Gasteiger partial charge in [0.05, 0.1) is 12.7 Å². The third-order valence-electron chi connectivity index (χ3n) is 5.93. The summed E-state index contributed by atoms with van der Waals surface area (Å²) in [5.74, 6) is 1.25. The van der Waals surface area contributed by atoms with Crippen LogP contribution in [0.2, 0.25) is 0 Å². The number of nitrogens with zero attached hydrogens (tertiary/aromatic N) is 3. The highest BCUT2D eigenvalue weighted by molar-refractivity contribution is 6.06. The van der Waals surface area contributed by atoms with E-state index in [1.54, 1.807) is 66.4 Å². The van der Waals surface area contributed by atoms with Crippen LogP contribution < -0.4 is 20.1 Å². The maximum atomic E-state index is 13.9. The highest BCUT2D eigenvalue weighted by atomic mass is 19.1. The number of fused-ring (bicyclic) bond motifs is 1. The van der Waals surface area contributed by atoms with Crippen LogP contribution >= 0.6 is 0 Å². The van der Waals surface area contributed by atoms with Crippen LogP contribution in [-0.4, -0.2) is 27.8 Å². The summed E-state index contributed by atoms with van der Waals surface area (Å²) in [6.07, 6.45) is 1.44. The van der Waals surface area contributed by atoms with Gasteiger partial charge in [-0.3, -0.25) is 4.79 Å². The molecule has 1 aliphatic heterocycles. The van der Waals surface area contributed by atoms with E-state index in [0.29, 0.717) is 40.0 Å². The molecule has 9 heteroatoms. The minimum atomic E-state index is -0.511. The van der Waals surface area contributed by atoms with Crippen LogP contribution in [0, 0.1) is 5.82 Å². The number of hydrogen-bond acceptors (Lipinski definition) is 6. The highest BCUT2D eigenvalue weighted by Crippen LogP contribution is 2.36. The summed E-state index contributed by atoms with van der Waals surface area (Å²) in [7, 11) is 1.59. The van der Waals surface area contributed by atoms with Crippen LogP contribution in [-0.2, 0) is 11.4 Å². The fraction of sp³-hybridized carbons (Fsp3) is 0.148. The first-order valence-corrected chi connectivity index (χ1v) is 11.3. The van der Waals surface area contributed by atoms with Gasteiger partial charge in [-0.05, 0) is 55.0 Å². The molecule has 36 heavy (non-hydrogen) atoms. The molecule has 0 aliphatic carbocycles. The highest BCUT2D eigenvalue weighted by Gasteiger charge is 2.33. The number of allylic oxidation sites excluding steroid dienone is 1. The average molecular weight is 486 g/mol. The molecule has 0 saturated heterocycles. The smallest absolute Gasteiger partial charge is 0.255 e. The largest absolute Gasteiger partial charge is 0.497 e. The van der Waals surface area contributed by atoms with Crippen molar-refractivity contribution in [1.29, 1.82) is 0 Å². The van der Waals surface area contributed by atoms with E-state index in [1.165, 1.54) is 12.4 Å². The van der Waals surface area contributed by atoms with Crippen molar-refractivity contribution in [2.24, 2.45) is 0 Å². The van der Waals surface area contributed by atoms with E-state index in [-0.39, 0.29) is 18.3 Å². The molecule has 1 atom stereocenters. The zero-order chi connectivity index (χ0) is 25.1. The molecule has 2 N–H and O–H groups in total. The molecule has 2 heterocycles. The normalized spacial score (nSPS) is 14.6. The Bertz CT molecular complexity index is 1410. The third kappa shape index (κ3) is 4.63. The van der Waals surface area contributed by atoms with Gasteiger partial charge in [0.25, 0.3) is 5.91 Å². The fourth-order valence-electron chi connectivity index (χ4n) is 4.09. The lowest BCUT2D eigenvalue weighted by atomic mass is 9.95. The Balaban J connectivity index is 1.40. The molecule has 0 unspecified atom stereocenters. The molecule has 1 aromatic heterocycles. The number of rotatable bonds is 7. The van der Waals surface area contributed by atoms with E-state index in [2.05, 4.69) is 20.7 Å². The number of anilines is 2. The summed E-state index contributed by atoms with van der Waals surface area (Å²) in [6, 6.07) is 20.4. The Morgan fingerprint density at radius 3 is 2.50 bits per heavy atom. The number of carbonyl (C=O) groups excluding carboxylic acids is 1. The first kappa shape index (κ1) is 23.1. The Morgan fingerprint density at radius 2 is 1.78 bits per heavy atom. The summed E-state index contributed by atoms with van der Waals surface area (Å²) in [5, 5.41) is 10.5. The SMILES string of the molecule is COc1ccc(NC(=O)C2=C(C)Nc3ncnn3[C@H]2c2ccc(OCc3ccccc3F)cc2)cc1. The van der Waals surface area contributed by atoms with Crippen LogP contribution in [0.3, 0.4) is 0 Å². The van der Waals surface area contributed by atoms with Crippen LogP contribution in [0.1, 0.15) is 24.1 Å². The second kappa shape index (κ2) is 9.91. The summed E-state index contributed by atoms with van der Waals surface area (Å²) in [4.78, 5) is 17.7. The lowest BCUT2D eigenvalue weighted by Gasteiger charge is -2.28. The standard InChI is InChI=1S/C27H24FN5O3/c1-17-24(26(34)32-20-9-13-21(35-2)14-10-20)25(33-27(31-17)29-16-30-33)18-7-11-22(12-8-18)36-15-19-5-3-4-6-23(19)28/h3-14,16,25H,15H2,1-2H3,(H,32,34)(H,29,30,31)/t25-/m0/s1. The number of ether oxygens (including phenoxy) is 2. The Hall–Kier alpha value is -4.66. The van der Waals surface area contributed by atoms with E-state index in [4.69, 9.17) is 9.47 Å². The Kier molecular flexibility index (Phi) is 6.36. The molecule has 1 amide bonds. The van der Waals surface area contributed by atoms with Gasteiger partial charge in [0.2, 0.25) is 5.95 Å². The van der Waals surface area contributed by atoms with Gasteiger partial charge in [0, 0.05) is 16.9 Å². The maximum Gasteiger partial charge on any atom is 0.255 e. The monoisotopic (exact) mass is 485 g/mol. The second-order valence-electron chi connectivity index (χ2n) is 8.23. The number of hydrogen-bond donors (Lipinski definition) is 2. The molecule has 5 rings (SSSR count). The van der Waals surface area contributed by atoms with Gasteiger partial charge in [-0.25, -0.2) is 9.07 Å². The van der Waals surface area contributed by atoms with Crippen molar-refractivity contribution in [3.05, 3.63) is 107 Å². The first-order valence-electron chi connectivity index (χ1n) is 11.3. The molecular formula is C27H24FN5O3. The predicted molar refractivity (Wildman–Crippen MR) is 133 cm³/mol. The molecule has 182 valence electrons. The molecule has 3 aromatic carbocycles. The van der Waals surface area contributed by atoms with Crippen molar-refractivity contribution in [3.8, 4) is 11.5 Å². The predicted octanol–water partition coefficient (Wildman–Crippen LogP) is 4.93. The number of aromatic nitrogens is 3. The van der Waals surface area contributed by atoms with Gasteiger partial charge < -0.3 is 20.1 Å². The van der Waals surface area contributed by atoms with E-state index < -0.39 is 6.04 Å². The summed E-state index contributed by atoms with van der Waals surface area (Å²) in [6.45, 7) is 1.95. The van der Waals surface area contributed by atoms with Crippen LogP contribution in [0.4, 0.5) is 16.0 Å². The van der Waals surface area contributed by atoms with Gasteiger partial charge in [-0.1, -0.05) is 30.3 Å². The Morgan fingerprint density at radius 1 is 1.06 bits per heavy atom. The van der Waals surface area contributed by atoms with Gasteiger partial charge in [0.15, 0.2) is 0 Å². The van der Waals surface area contributed by atoms with Crippen molar-refractivity contribution < 1.29 is 18.7 Å². The minimum Gasteiger partial charge on any atom is -0.497 e. The van der Waals surface area contributed by atoms with Gasteiger partial charge in [-0.2, -0.15) is 10.1 Å². The maximum absolute atomic E-state index is 13.9. The second-order valence-corrected chi connectivity index (χ2v) is 8.23. The third-order valence-corrected chi connectivity index (χ3v) is 5.93. The molecule has 0 bridgehead atoms. The minimum absolute atomic E-state index is 0.112. The molecular weight excluding hydrogens is 461 g/mol. The number of methoxy groups -OCH3 is 1. The van der Waals surface area contributed by atoms with Gasteiger partial charge in [0.1, 0.15) is 36.3 Å². The molecule has 0 fully saturated rings. The number of halogens is 1. The van der Waals surface area contributed by atoms with Crippen LogP contribution in [0.15, 0.2) is 90.4 Å². The summed E-state index contributed by atoms with van der Waals surface area (Å²) >= 11 is 0. The molecule has 4 aromatic rings. The fourth-order valence-corrected chi connectivity index (χ4v) is 4.09. The summed E-state index contributed by atoms with van der Waals surface area (Å²) < 4.78 is 26.5. The van der Waals surface area contributed by atoms with Crippen LogP contribution in [0.25, 0.3) is 0 Å². The molecule has 1 aliphatic rings. The Labute approximate surface area is 207 Å². The topological polar surface area (TPSA) is 90.3 Å². The van der Waals surface area contributed by atoms with Crippen molar-refractivity contribution in [2.45, 2.75) is 19.6 Å².